The van der Waals surface area contributed by atoms with E-state index in [0.717, 1.165) is 48.9 Å². The SMILES string of the molecule is CC(Sc1nc2ccccc2[nH]1)C(=O)N1CCN(Cc2ccccc2)CC1. The van der Waals surface area contributed by atoms with Crippen molar-refractivity contribution in [2.75, 3.05) is 26.2 Å². The average molecular weight is 381 g/mol. The van der Waals surface area contributed by atoms with Gasteiger partial charge in [-0.2, -0.15) is 0 Å². The molecule has 1 aliphatic heterocycles. The highest BCUT2D eigenvalue weighted by molar-refractivity contribution is 8.00. The van der Waals surface area contributed by atoms with Gasteiger partial charge in [-0.1, -0.05) is 54.2 Å². The zero-order valence-corrected chi connectivity index (χ0v) is 16.3. The van der Waals surface area contributed by atoms with Crippen LogP contribution < -0.4 is 0 Å². The summed E-state index contributed by atoms with van der Waals surface area (Å²) in [6.07, 6.45) is 0. The molecular formula is C21H24N4OS. The number of rotatable bonds is 5. The molecule has 0 aliphatic carbocycles. The van der Waals surface area contributed by atoms with Crippen LogP contribution in [-0.2, 0) is 11.3 Å². The highest BCUT2D eigenvalue weighted by Crippen LogP contribution is 2.25. The van der Waals surface area contributed by atoms with E-state index < -0.39 is 0 Å². The zero-order valence-electron chi connectivity index (χ0n) is 15.5. The third-order valence-corrected chi connectivity index (χ3v) is 5.91. The highest BCUT2D eigenvalue weighted by Gasteiger charge is 2.26. The fraction of sp³-hybridized carbons (Fsp3) is 0.333. The van der Waals surface area contributed by atoms with Crippen molar-refractivity contribution in [3.8, 4) is 0 Å². The van der Waals surface area contributed by atoms with Gasteiger partial charge in [-0.25, -0.2) is 4.98 Å². The maximum atomic E-state index is 12.8. The Morgan fingerprint density at radius 2 is 1.78 bits per heavy atom. The lowest BCUT2D eigenvalue weighted by atomic mass is 10.2. The van der Waals surface area contributed by atoms with E-state index in [9.17, 15) is 4.79 Å². The standard InChI is InChI=1S/C21H24N4OS/c1-16(27-21-22-18-9-5-6-10-19(18)23-21)20(26)25-13-11-24(12-14-25)15-17-7-3-2-4-8-17/h2-10,16H,11-15H2,1H3,(H,22,23). The van der Waals surface area contributed by atoms with Gasteiger partial charge in [0.1, 0.15) is 0 Å². The molecule has 4 rings (SSSR count). The van der Waals surface area contributed by atoms with E-state index >= 15 is 0 Å². The number of aromatic amines is 1. The van der Waals surface area contributed by atoms with Gasteiger partial charge >= 0.3 is 0 Å². The molecule has 1 amide bonds. The molecule has 1 aromatic heterocycles. The first kappa shape index (κ1) is 18.1. The number of carbonyl (C=O) groups excluding carboxylic acids is 1. The molecule has 0 bridgehead atoms. The predicted octanol–water partition coefficient (Wildman–Crippen LogP) is 3.39. The smallest absolute Gasteiger partial charge is 0.235 e. The number of benzene rings is 2. The van der Waals surface area contributed by atoms with Crippen LogP contribution >= 0.6 is 11.8 Å². The number of fused-ring (bicyclic) bond motifs is 1. The van der Waals surface area contributed by atoms with Gasteiger partial charge < -0.3 is 9.88 Å². The molecular weight excluding hydrogens is 356 g/mol. The molecule has 1 aliphatic rings. The summed E-state index contributed by atoms with van der Waals surface area (Å²) in [7, 11) is 0. The van der Waals surface area contributed by atoms with Gasteiger partial charge in [-0.05, 0) is 24.6 Å². The third-order valence-electron chi connectivity index (χ3n) is 4.94. The van der Waals surface area contributed by atoms with Gasteiger partial charge in [-0.3, -0.25) is 9.69 Å². The number of para-hydroxylation sites is 2. The van der Waals surface area contributed by atoms with E-state index in [1.54, 1.807) is 0 Å². The maximum Gasteiger partial charge on any atom is 0.235 e. The number of H-pyrrole nitrogens is 1. The summed E-state index contributed by atoms with van der Waals surface area (Å²) >= 11 is 1.50. The van der Waals surface area contributed by atoms with Gasteiger partial charge in [-0.15, -0.1) is 0 Å². The Labute approximate surface area is 163 Å². The van der Waals surface area contributed by atoms with Gasteiger partial charge in [0, 0.05) is 32.7 Å². The highest BCUT2D eigenvalue weighted by atomic mass is 32.2. The number of imidazole rings is 1. The van der Waals surface area contributed by atoms with Crippen molar-refractivity contribution < 1.29 is 4.79 Å². The second-order valence-electron chi connectivity index (χ2n) is 6.91. The van der Waals surface area contributed by atoms with E-state index in [2.05, 4.69) is 39.1 Å². The Morgan fingerprint density at radius 3 is 2.52 bits per heavy atom. The van der Waals surface area contributed by atoms with Crippen LogP contribution in [0.5, 0.6) is 0 Å². The first-order chi connectivity index (χ1) is 13.2. The van der Waals surface area contributed by atoms with Crippen molar-refractivity contribution in [2.45, 2.75) is 23.9 Å². The summed E-state index contributed by atoms with van der Waals surface area (Å²) in [6.45, 7) is 6.33. The van der Waals surface area contributed by atoms with Crippen LogP contribution in [0.25, 0.3) is 11.0 Å². The lowest BCUT2D eigenvalue weighted by Gasteiger charge is -2.35. The topological polar surface area (TPSA) is 52.2 Å². The lowest BCUT2D eigenvalue weighted by molar-refractivity contribution is -0.132. The Kier molecular flexibility index (Phi) is 5.45. The Morgan fingerprint density at radius 1 is 1.07 bits per heavy atom. The molecule has 140 valence electrons. The fourth-order valence-electron chi connectivity index (χ4n) is 3.43. The van der Waals surface area contributed by atoms with Crippen LogP contribution in [0.4, 0.5) is 0 Å². The Bertz CT molecular complexity index is 870. The van der Waals surface area contributed by atoms with E-state index in [4.69, 9.17) is 0 Å². The number of nitrogens with one attached hydrogen (secondary N) is 1. The molecule has 1 fully saturated rings. The average Bonchev–Trinajstić information content (AvgIpc) is 3.11. The van der Waals surface area contributed by atoms with Crippen molar-refractivity contribution in [2.24, 2.45) is 0 Å². The van der Waals surface area contributed by atoms with Crippen LogP contribution in [0.2, 0.25) is 0 Å². The number of carbonyl (C=O) groups is 1. The number of nitrogens with zero attached hydrogens (tertiary/aromatic N) is 3. The summed E-state index contributed by atoms with van der Waals surface area (Å²) in [5.74, 6) is 0.194. The van der Waals surface area contributed by atoms with Crippen LogP contribution in [0.3, 0.4) is 0 Å². The number of amides is 1. The monoisotopic (exact) mass is 380 g/mol. The molecule has 5 nitrogen and oxygen atoms in total. The molecule has 1 N–H and O–H groups in total. The van der Waals surface area contributed by atoms with Gasteiger partial charge in [0.2, 0.25) is 5.91 Å². The molecule has 1 saturated heterocycles. The first-order valence-electron chi connectivity index (χ1n) is 9.35. The van der Waals surface area contributed by atoms with Crippen molar-refractivity contribution >= 4 is 28.7 Å². The summed E-state index contributed by atoms with van der Waals surface area (Å²) in [5.41, 5.74) is 3.27. The van der Waals surface area contributed by atoms with Crippen molar-refractivity contribution in [1.29, 1.82) is 0 Å². The van der Waals surface area contributed by atoms with E-state index in [1.165, 1.54) is 17.3 Å². The fourth-order valence-corrected chi connectivity index (χ4v) is 4.33. The third kappa shape index (κ3) is 4.34. The van der Waals surface area contributed by atoms with Crippen LogP contribution in [-0.4, -0.2) is 57.1 Å². The summed E-state index contributed by atoms with van der Waals surface area (Å²) in [6, 6.07) is 18.4. The Hall–Kier alpha value is -2.31. The molecule has 3 aromatic rings. The molecule has 2 aromatic carbocycles. The molecule has 0 saturated carbocycles. The number of hydrogen-bond acceptors (Lipinski definition) is 4. The molecule has 1 unspecified atom stereocenters. The minimum atomic E-state index is -0.147. The maximum absolute atomic E-state index is 12.8. The van der Waals surface area contributed by atoms with Crippen LogP contribution in [0.1, 0.15) is 12.5 Å². The van der Waals surface area contributed by atoms with E-state index in [0.29, 0.717) is 0 Å². The number of hydrogen-bond donors (Lipinski definition) is 1. The second kappa shape index (κ2) is 8.15. The molecule has 6 heteroatoms. The minimum Gasteiger partial charge on any atom is -0.339 e. The number of piperazine rings is 1. The molecule has 27 heavy (non-hydrogen) atoms. The quantitative estimate of drug-likeness (QED) is 0.690. The van der Waals surface area contributed by atoms with Gasteiger partial charge in [0.15, 0.2) is 5.16 Å². The normalized spacial score (nSPS) is 16.6. The summed E-state index contributed by atoms with van der Waals surface area (Å²) < 4.78 is 0. The predicted molar refractivity (Wildman–Crippen MR) is 110 cm³/mol. The second-order valence-corrected chi connectivity index (χ2v) is 8.24. The first-order valence-corrected chi connectivity index (χ1v) is 10.2. The summed E-state index contributed by atoms with van der Waals surface area (Å²) in [5, 5.41) is 0.658. The molecule has 2 heterocycles. The Balaban J connectivity index is 1.30. The van der Waals surface area contributed by atoms with E-state index in [-0.39, 0.29) is 11.2 Å². The number of thioether (sulfide) groups is 1. The zero-order chi connectivity index (χ0) is 18.6. The van der Waals surface area contributed by atoms with Crippen LogP contribution in [0, 0.1) is 0 Å². The van der Waals surface area contributed by atoms with Crippen molar-refractivity contribution in [3.05, 3.63) is 60.2 Å². The van der Waals surface area contributed by atoms with Crippen molar-refractivity contribution in [3.63, 3.8) is 0 Å². The van der Waals surface area contributed by atoms with Crippen LogP contribution in [0.15, 0.2) is 59.8 Å². The van der Waals surface area contributed by atoms with Crippen molar-refractivity contribution in [1.82, 2.24) is 19.8 Å². The number of aromatic nitrogens is 2. The molecule has 0 spiro atoms. The lowest BCUT2D eigenvalue weighted by Crippen LogP contribution is -2.50. The van der Waals surface area contributed by atoms with Gasteiger partial charge in [0.05, 0.1) is 16.3 Å². The molecule has 0 radical (unpaired) electrons. The largest absolute Gasteiger partial charge is 0.339 e. The summed E-state index contributed by atoms with van der Waals surface area (Å²) in [4.78, 5) is 25.1. The molecule has 1 atom stereocenters. The minimum absolute atomic E-state index is 0.147. The van der Waals surface area contributed by atoms with Gasteiger partial charge in [0.25, 0.3) is 0 Å². The van der Waals surface area contributed by atoms with E-state index in [1.807, 2.05) is 42.2 Å².